The lowest BCUT2D eigenvalue weighted by atomic mass is 10.1. The van der Waals surface area contributed by atoms with E-state index in [2.05, 4.69) is 26.0 Å². The maximum Gasteiger partial charge on any atom is 0.276 e. The molecule has 6 heteroatoms. The van der Waals surface area contributed by atoms with Gasteiger partial charge in [0, 0.05) is 10.9 Å². The van der Waals surface area contributed by atoms with Crippen LogP contribution in [0.25, 0.3) is 10.9 Å². The second kappa shape index (κ2) is 4.45. The molecule has 1 aromatic heterocycles. The first kappa shape index (κ1) is 11.7. The number of hydrogen-bond acceptors (Lipinski definition) is 4. The number of rotatable bonds is 2. The third-order valence-corrected chi connectivity index (χ3v) is 3.38. The van der Waals surface area contributed by atoms with Crippen molar-refractivity contribution in [3.63, 3.8) is 0 Å². The van der Waals surface area contributed by atoms with Gasteiger partial charge < -0.3 is 5.32 Å². The van der Waals surface area contributed by atoms with Crippen molar-refractivity contribution in [3.8, 4) is 0 Å². The zero-order chi connectivity index (χ0) is 14.2. The van der Waals surface area contributed by atoms with Gasteiger partial charge in [-0.1, -0.05) is 18.2 Å². The number of nitrogens with zero attached hydrogens (tertiary/aromatic N) is 2. The second-order valence-corrected chi connectivity index (χ2v) is 4.74. The van der Waals surface area contributed by atoms with Crippen LogP contribution >= 0.6 is 0 Å². The van der Waals surface area contributed by atoms with Gasteiger partial charge in [0.1, 0.15) is 0 Å². The summed E-state index contributed by atoms with van der Waals surface area (Å²) in [6, 6.07) is 13.2. The lowest BCUT2D eigenvalue weighted by molar-refractivity contribution is -0.110. The van der Waals surface area contributed by atoms with E-state index in [1.54, 1.807) is 6.20 Å². The topological polar surface area (TPSA) is 82.2 Å². The average molecular weight is 277 g/mol. The molecule has 0 spiro atoms. The third kappa shape index (κ3) is 1.93. The van der Waals surface area contributed by atoms with E-state index in [0.29, 0.717) is 5.71 Å². The molecule has 2 heterocycles. The van der Waals surface area contributed by atoms with E-state index in [0.717, 1.165) is 27.8 Å². The van der Waals surface area contributed by atoms with Crippen LogP contribution in [-0.2, 0) is 4.79 Å². The molecule has 3 N–H and O–H groups in total. The van der Waals surface area contributed by atoms with Gasteiger partial charge in [0.25, 0.3) is 5.91 Å². The van der Waals surface area contributed by atoms with E-state index >= 15 is 0 Å². The van der Waals surface area contributed by atoms with Crippen LogP contribution in [0.5, 0.6) is 0 Å². The van der Waals surface area contributed by atoms with Crippen molar-refractivity contribution in [2.24, 2.45) is 5.10 Å². The zero-order valence-electron chi connectivity index (χ0n) is 10.9. The van der Waals surface area contributed by atoms with E-state index < -0.39 is 0 Å². The third-order valence-electron chi connectivity index (χ3n) is 3.38. The maximum absolute atomic E-state index is 11.9. The van der Waals surface area contributed by atoms with Crippen LogP contribution in [0.3, 0.4) is 0 Å². The van der Waals surface area contributed by atoms with E-state index in [1.165, 1.54) is 0 Å². The van der Waals surface area contributed by atoms with E-state index in [1.807, 2.05) is 42.5 Å². The predicted molar refractivity (Wildman–Crippen MR) is 81.3 cm³/mol. The monoisotopic (exact) mass is 277 g/mol. The Morgan fingerprint density at radius 1 is 1.14 bits per heavy atom. The molecule has 1 amide bonds. The van der Waals surface area contributed by atoms with Gasteiger partial charge >= 0.3 is 0 Å². The molecule has 102 valence electrons. The number of aromatic nitrogens is 2. The Bertz CT molecular complexity index is 880. The van der Waals surface area contributed by atoms with Gasteiger partial charge in [-0.2, -0.15) is 10.2 Å². The first-order chi connectivity index (χ1) is 10.3. The summed E-state index contributed by atoms with van der Waals surface area (Å²) in [6.45, 7) is 0. The lowest BCUT2D eigenvalue weighted by Gasteiger charge is -2.01. The fourth-order valence-electron chi connectivity index (χ4n) is 2.34. The fraction of sp³-hybridized carbons (Fsp3) is 0. The number of hydrogen-bond donors (Lipinski definition) is 3. The van der Waals surface area contributed by atoms with E-state index in [4.69, 9.17) is 0 Å². The number of anilines is 2. The van der Waals surface area contributed by atoms with Crippen LogP contribution in [0.15, 0.2) is 53.8 Å². The Morgan fingerprint density at radius 3 is 3.00 bits per heavy atom. The predicted octanol–water partition coefficient (Wildman–Crippen LogP) is 2.33. The summed E-state index contributed by atoms with van der Waals surface area (Å²) in [7, 11) is 0. The minimum absolute atomic E-state index is 0.202. The molecule has 1 aliphatic heterocycles. The van der Waals surface area contributed by atoms with Crippen molar-refractivity contribution in [2.75, 3.05) is 10.7 Å². The summed E-state index contributed by atoms with van der Waals surface area (Å²) in [5.41, 5.74) is 6.59. The molecule has 0 unspecified atom stereocenters. The van der Waals surface area contributed by atoms with Gasteiger partial charge in [0.05, 0.1) is 23.1 Å². The summed E-state index contributed by atoms with van der Waals surface area (Å²) in [5.74, 6) is -0.202. The summed E-state index contributed by atoms with van der Waals surface area (Å²) >= 11 is 0. The number of H-pyrrole nitrogens is 1. The molecule has 0 aliphatic carbocycles. The Morgan fingerprint density at radius 2 is 2.05 bits per heavy atom. The molecule has 0 saturated heterocycles. The highest BCUT2D eigenvalue weighted by Crippen LogP contribution is 2.23. The molecule has 3 aromatic rings. The van der Waals surface area contributed by atoms with Crippen molar-refractivity contribution < 1.29 is 4.79 Å². The largest absolute Gasteiger partial charge is 0.320 e. The molecule has 0 saturated carbocycles. The number of para-hydroxylation sites is 1. The van der Waals surface area contributed by atoms with Crippen LogP contribution in [0.4, 0.5) is 11.4 Å². The summed E-state index contributed by atoms with van der Waals surface area (Å²) in [5, 5.41) is 14.9. The van der Waals surface area contributed by atoms with E-state index in [9.17, 15) is 4.79 Å². The van der Waals surface area contributed by atoms with Crippen molar-refractivity contribution >= 4 is 33.9 Å². The summed E-state index contributed by atoms with van der Waals surface area (Å²) in [4.78, 5) is 11.9. The molecule has 21 heavy (non-hydrogen) atoms. The molecule has 1 aliphatic rings. The number of carbonyl (C=O) groups excluding carboxylic acids is 1. The van der Waals surface area contributed by atoms with Gasteiger partial charge in [-0.3, -0.25) is 15.3 Å². The quantitative estimate of drug-likeness (QED) is 0.629. The van der Waals surface area contributed by atoms with Gasteiger partial charge in [0.15, 0.2) is 5.71 Å². The van der Waals surface area contributed by atoms with Gasteiger partial charge in [0.2, 0.25) is 0 Å². The van der Waals surface area contributed by atoms with Crippen LogP contribution in [0.1, 0.15) is 5.56 Å². The minimum Gasteiger partial charge on any atom is -0.320 e. The number of amides is 1. The fourth-order valence-corrected chi connectivity index (χ4v) is 2.34. The number of benzene rings is 2. The number of nitrogens with one attached hydrogen (secondary N) is 3. The van der Waals surface area contributed by atoms with Crippen LogP contribution < -0.4 is 10.7 Å². The van der Waals surface area contributed by atoms with Crippen LogP contribution in [0, 0.1) is 0 Å². The van der Waals surface area contributed by atoms with Crippen molar-refractivity contribution in [1.82, 2.24) is 10.2 Å². The maximum atomic E-state index is 11.9. The Hall–Kier alpha value is -3.15. The Kier molecular flexibility index (Phi) is 2.47. The number of hydrazone groups is 1. The van der Waals surface area contributed by atoms with Crippen LogP contribution in [0.2, 0.25) is 0 Å². The Balaban J connectivity index is 1.67. The van der Waals surface area contributed by atoms with Crippen molar-refractivity contribution in [3.05, 3.63) is 54.2 Å². The molecule has 6 nitrogen and oxygen atoms in total. The molecule has 4 rings (SSSR count). The molecule has 0 fully saturated rings. The molecule has 2 aromatic carbocycles. The van der Waals surface area contributed by atoms with Gasteiger partial charge in [-0.05, 0) is 24.3 Å². The smallest absolute Gasteiger partial charge is 0.276 e. The molecule has 0 radical (unpaired) electrons. The standard InChI is InChI=1S/C15H11N5O/c21-15-14(11-3-1-2-4-12(11)17-15)20-18-10-6-5-9-8-16-19-13(9)7-10/h1-8,18H,(H,16,19)(H,17,20,21). The second-order valence-electron chi connectivity index (χ2n) is 4.74. The molecular weight excluding hydrogens is 266 g/mol. The summed E-state index contributed by atoms with van der Waals surface area (Å²) < 4.78 is 0. The zero-order valence-corrected chi connectivity index (χ0v) is 10.9. The minimum atomic E-state index is -0.202. The molecular formula is C15H11N5O. The first-order valence-electron chi connectivity index (χ1n) is 6.49. The first-order valence-corrected chi connectivity index (χ1v) is 6.49. The normalized spacial score (nSPS) is 15.2. The van der Waals surface area contributed by atoms with Crippen molar-refractivity contribution in [1.29, 1.82) is 0 Å². The van der Waals surface area contributed by atoms with Crippen molar-refractivity contribution in [2.45, 2.75) is 0 Å². The van der Waals surface area contributed by atoms with Gasteiger partial charge in [-0.25, -0.2) is 0 Å². The van der Waals surface area contributed by atoms with Crippen LogP contribution in [-0.4, -0.2) is 21.8 Å². The highest BCUT2D eigenvalue weighted by molar-refractivity contribution is 6.53. The SMILES string of the molecule is O=C1Nc2ccccc2C1=NNc1ccc2cn[nH]c2c1. The highest BCUT2D eigenvalue weighted by atomic mass is 16.2. The van der Waals surface area contributed by atoms with Gasteiger partial charge in [-0.15, -0.1) is 0 Å². The average Bonchev–Trinajstić information content (AvgIpc) is 3.08. The highest BCUT2D eigenvalue weighted by Gasteiger charge is 2.25. The number of aromatic amines is 1. The number of carbonyl (C=O) groups is 1. The molecule has 0 atom stereocenters. The summed E-state index contributed by atoms with van der Waals surface area (Å²) in [6.07, 6.45) is 1.76. The Labute approximate surface area is 119 Å². The lowest BCUT2D eigenvalue weighted by Crippen LogP contribution is -2.15. The number of fused-ring (bicyclic) bond motifs is 2. The molecule has 0 bridgehead atoms. The van der Waals surface area contributed by atoms with E-state index in [-0.39, 0.29) is 5.91 Å².